The average Bonchev–Trinajstić information content (AvgIpc) is 2.48. The lowest BCUT2D eigenvalue weighted by atomic mass is 9.92. The van der Waals surface area contributed by atoms with Crippen LogP contribution >= 0.6 is 0 Å². The van der Waals surface area contributed by atoms with Crippen molar-refractivity contribution in [2.75, 3.05) is 0 Å². The summed E-state index contributed by atoms with van der Waals surface area (Å²) in [5.74, 6) is 0. The highest BCUT2D eigenvalue weighted by atomic mass is 14.3. The molecule has 0 saturated heterocycles. The van der Waals surface area contributed by atoms with E-state index < -0.39 is 0 Å². The highest BCUT2D eigenvalue weighted by Crippen LogP contribution is 2.25. The van der Waals surface area contributed by atoms with E-state index in [-0.39, 0.29) is 5.57 Å². The molecule has 0 fully saturated rings. The predicted molar refractivity (Wildman–Crippen MR) is 75.7 cm³/mol. The molecule has 0 N–H and O–H groups in total. The summed E-state index contributed by atoms with van der Waals surface area (Å²) < 4.78 is 0. The van der Waals surface area contributed by atoms with Crippen LogP contribution in [0.15, 0.2) is 59.2 Å². The van der Waals surface area contributed by atoms with Gasteiger partial charge in [0.15, 0.2) is 0 Å². The Hall–Kier alpha value is -2.58. The van der Waals surface area contributed by atoms with E-state index >= 15 is 0 Å². The van der Waals surface area contributed by atoms with Gasteiger partial charge in [-0.2, -0.15) is 10.5 Å². The first-order chi connectivity index (χ1) is 9.33. The van der Waals surface area contributed by atoms with Gasteiger partial charge in [0.2, 0.25) is 0 Å². The largest absolute Gasteiger partial charge is 0.192 e. The predicted octanol–water partition coefficient (Wildman–Crippen LogP) is 4.15. The zero-order chi connectivity index (χ0) is 13.5. The fourth-order valence-corrected chi connectivity index (χ4v) is 2.12. The second-order valence-corrected chi connectivity index (χ2v) is 4.44. The van der Waals surface area contributed by atoms with Gasteiger partial charge in [0.1, 0.15) is 17.7 Å². The van der Waals surface area contributed by atoms with Crippen molar-refractivity contribution in [3.8, 4) is 12.1 Å². The quantitative estimate of drug-likeness (QED) is 0.736. The number of allylic oxidation sites excluding steroid dienone is 5. The molecule has 1 aromatic carbocycles. The molecule has 2 heteroatoms. The molecule has 92 valence electrons. The maximum absolute atomic E-state index is 8.89. The molecule has 19 heavy (non-hydrogen) atoms. The summed E-state index contributed by atoms with van der Waals surface area (Å²) in [4.78, 5) is 0. The van der Waals surface area contributed by atoms with Crippen LogP contribution in [0.1, 0.15) is 24.8 Å². The third-order valence-electron chi connectivity index (χ3n) is 3.11. The Bertz CT molecular complexity index is 603. The van der Waals surface area contributed by atoms with E-state index in [0.717, 1.165) is 30.4 Å². The van der Waals surface area contributed by atoms with Crippen LogP contribution in [0.5, 0.6) is 0 Å². The maximum Gasteiger partial charge on any atom is 0.132 e. The van der Waals surface area contributed by atoms with Crippen LogP contribution in [-0.2, 0) is 0 Å². The Morgan fingerprint density at radius 3 is 2.42 bits per heavy atom. The van der Waals surface area contributed by atoms with Gasteiger partial charge in [-0.1, -0.05) is 48.6 Å². The van der Waals surface area contributed by atoms with Crippen molar-refractivity contribution in [2.24, 2.45) is 0 Å². The monoisotopic (exact) mass is 246 g/mol. The molecule has 0 amide bonds. The SMILES string of the molecule is N#CC(C#N)=C1C=C(/C=C/c2ccccc2)CCC1. The summed E-state index contributed by atoms with van der Waals surface area (Å²) in [5, 5.41) is 17.8. The summed E-state index contributed by atoms with van der Waals surface area (Å²) in [6.45, 7) is 0. The Morgan fingerprint density at radius 2 is 1.74 bits per heavy atom. The second kappa shape index (κ2) is 6.38. The fraction of sp³-hybridized carbons (Fsp3) is 0.176. The number of hydrogen-bond acceptors (Lipinski definition) is 2. The molecule has 0 unspecified atom stereocenters. The summed E-state index contributed by atoms with van der Waals surface area (Å²) in [6.07, 6.45) is 8.92. The molecule has 0 aromatic heterocycles. The molecule has 0 atom stereocenters. The standard InChI is InChI=1S/C17H14N2/c18-12-17(13-19)16-8-4-7-15(11-16)10-9-14-5-2-1-3-6-14/h1-3,5-6,9-11H,4,7-8H2/b10-9+. The van der Waals surface area contributed by atoms with E-state index in [0.29, 0.717) is 0 Å². The highest BCUT2D eigenvalue weighted by molar-refractivity contribution is 5.55. The molecule has 0 spiro atoms. The molecule has 0 bridgehead atoms. The fourth-order valence-electron chi connectivity index (χ4n) is 2.12. The van der Waals surface area contributed by atoms with Crippen molar-refractivity contribution in [1.82, 2.24) is 0 Å². The summed E-state index contributed by atoms with van der Waals surface area (Å²) in [7, 11) is 0. The van der Waals surface area contributed by atoms with E-state index in [2.05, 4.69) is 12.2 Å². The lowest BCUT2D eigenvalue weighted by Gasteiger charge is -2.12. The van der Waals surface area contributed by atoms with Gasteiger partial charge in [-0.05, 0) is 36.0 Å². The minimum absolute atomic E-state index is 0.241. The van der Waals surface area contributed by atoms with E-state index in [1.165, 1.54) is 5.57 Å². The maximum atomic E-state index is 8.89. The molecule has 0 heterocycles. The molecule has 0 radical (unpaired) electrons. The number of hydrogen-bond donors (Lipinski definition) is 0. The Morgan fingerprint density at radius 1 is 1.00 bits per heavy atom. The van der Waals surface area contributed by atoms with E-state index in [9.17, 15) is 0 Å². The van der Waals surface area contributed by atoms with E-state index in [1.54, 1.807) is 0 Å². The lowest BCUT2D eigenvalue weighted by molar-refractivity contribution is 0.796. The molecule has 2 rings (SSSR count). The van der Waals surface area contributed by atoms with Crippen LogP contribution in [0.25, 0.3) is 6.08 Å². The van der Waals surface area contributed by atoms with Crippen molar-refractivity contribution in [3.63, 3.8) is 0 Å². The van der Waals surface area contributed by atoms with Crippen LogP contribution in [0.3, 0.4) is 0 Å². The number of nitriles is 2. The van der Waals surface area contributed by atoms with E-state index in [4.69, 9.17) is 10.5 Å². The third kappa shape index (κ3) is 3.44. The lowest BCUT2D eigenvalue weighted by Crippen LogP contribution is -1.95. The van der Waals surface area contributed by atoms with Gasteiger partial charge in [0.25, 0.3) is 0 Å². The average molecular weight is 246 g/mol. The van der Waals surface area contributed by atoms with Gasteiger partial charge in [0.05, 0.1) is 0 Å². The molecule has 0 aliphatic heterocycles. The summed E-state index contributed by atoms with van der Waals surface area (Å²) >= 11 is 0. The van der Waals surface area contributed by atoms with Crippen LogP contribution in [0, 0.1) is 22.7 Å². The minimum Gasteiger partial charge on any atom is -0.192 e. The normalized spacial score (nSPS) is 14.6. The molecule has 1 aliphatic rings. The summed E-state index contributed by atoms with van der Waals surface area (Å²) in [6, 6.07) is 14.0. The molecule has 1 aromatic rings. The van der Waals surface area contributed by atoms with Gasteiger partial charge < -0.3 is 0 Å². The second-order valence-electron chi connectivity index (χ2n) is 4.44. The van der Waals surface area contributed by atoms with Gasteiger partial charge >= 0.3 is 0 Å². The van der Waals surface area contributed by atoms with Crippen LogP contribution in [0.2, 0.25) is 0 Å². The Balaban J connectivity index is 2.22. The topological polar surface area (TPSA) is 47.6 Å². The Labute approximate surface area is 113 Å². The van der Waals surface area contributed by atoms with Gasteiger partial charge in [-0.25, -0.2) is 0 Å². The van der Waals surface area contributed by atoms with Gasteiger partial charge in [-0.15, -0.1) is 0 Å². The zero-order valence-electron chi connectivity index (χ0n) is 10.6. The molecule has 1 aliphatic carbocycles. The molecular weight excluding hydrogens is 232 g/mol. The van der Waals surface area contributed by atoms with Crippen molar-refractivity contribution >= 4 is 6.08 Å². The smallest absolute Gasteiger partial charge is 0.132 e. The molecule has 0 saturated carbocycles. The first-order valence-electron chi connectivity index (χ1n) is 6.30. The third-order valence-corrected chi connectivity index (χ3v) is 3.11. The zero-order valence-corrected chi connectivity index (χ0v) is 10.6. The number of rotatable bonds is 2. The number of nitrogens with zero attached hydrogens (tertiary/aromatic N) is 2. The van der Waals surface area contributed by atoms with Crippen molar-refractivity contribution < 1.29 is 0 Å². The van der Waals surface area contributed by atoms with Crippen LogP contribution in [-0.4, -0.2) is 0 Å². The minimum atomic E-state index is 0.241. The highest BCUT2D eigenvalue weighted by Gasteiger charge is 2.10. The van der Waals surface area contributed by atoms with Crippen LogP contribution in [0.4, 0.5) is 0 Å². The first-order valence-corrected chi connectivity index (χ1v) is 6.30. The molecular formula is C17H14N2. The molecule has 2 nitrogen and oxygen atoms in total. The number of benzene rings is 1. The first kappa shape index (κ1) is 12.9. The Kier molecular flexibility index (Phi) is 4.32. The van der Waals surface area contributed by atoms with Gasteiger partial charge in [-0.3, -0.25) is 0 Å². The van der Waals surface area contributed by atoms with Crippen molar-refractivity contribution in [1.29, 1.82) is 10.5 Å². The van der Waals surface area contributed by atoms with Crippen LogP contribution < -0.4 is 0 Å². The van der Waals surface area contributed by atoms with Crippen molar-refractivity contribution in [2.45, 2.75) is 19.3 Å². The summed E-state index contributed by atoms with van der Waals surface area (Å²) in [5.41, 5.74) is 3.43. The van der Waals surface area contributed by atoms with Gasteiger partial charge in [0, 0.05) is 0 Å². The van der Waals surface area contributed by atoms with E-state index in [1.807, 2.05) is 48.5 Å². The van der Waals surface area contributed by atoms with Crippen molar-refractivity contribution in [3.05, 3.63) is 64.8 Å².